The predicted octanol–water partition coefficient (Wildman–Crippen LogP) is 2.59. The molecular weight excluding hydrogens is 389 g/mol. The number of anilines is 1. The Bertz CT molecular complexity index is 1080. The largest absolute Gasteiger partial charge is 0.489 e. The van der Waals surface area contributed by atoms with E-state index < -0.39 is 17.2 Å². The van der Waals surface area contributed by atoms with Crippen molar-refractivity contribution in [2.75, 3.05) is 31.2 Å². The number of benzene rings is 1. The van der Waals surface area contributed by atoms with Crippen LogP contribution in [0.15, 0.2) is 17.1 Å². The van der Waals surface area contributed by atoms with Crippen LogP contribution in [0.1, 0.15) is 49.0 Å². The molecule has 2 atom stereocenters. The molecule has 8 heteroatoms. The Balaban J connectivity index is 1.77. The van der Waals surface area contributed by atoms with Gasteiger partial charge in [-0.1, -0.05) is 0 Å². The first-order valence-electron chi connectivity index (χ1n) is 10.7. The molecule has 0 bridgehead atoms. The van der Waals surface area contributed by atoms with Crippen molar-refractivity contribution in [1.29, 1.82) is 0 Å². The molecule has 1 saturated carbocycles. The molecule has 3 heterocycles. The lowest BCUT2D eigenvalue weighted by Crippen LogP contribution is -2.30. The number of hydrogen-bond donors (Lipinski definition) is 1. The van der Waals surface area contributed by atoms with Gasteiger partial charge in [0.1, 0.15) is 11.3 Å². The summed E-state index contributed by atoms with van der Waals surface area (Å²) in [5, 5.41) is 0.164. The SMILES string of the molecule is CCOC(=O)c1cn(C2CC2)c2c3c(c(F)cc2c1=O)N1C[C@@H](CN)C[C@@H]1CCO3. The van der Waals surface area contributed by atoms with Gasteiger partial charge in [0, 0.05) is 31.2 Å². The van der Waals surface area contributed by atoms with E-state index in [0.29, 0.717) is 42.6 Å². The number of fused-ring (bicyclic) bond motifs is 5. The fourth-order valence-corrected chi connectivity index (χ4v) is 4.87. The number of nitrogens with two attached hydrogens (primary N) is 1. The molecule has 2 aliphatic heterocycles. The first-order valence-corrected chi connectivity index (χ1v) is 10.7. The number of ether oxygens (including phenoxy) is 2. The molecule has 2 fully saturated rings. The molecule has 2 aromatic rings. The second kappa shape index (κ2) is 7.27. The smallest absolute Gasteiger partial charge is 0.343 e. The summed E-state index contributed by atoms with van der Waals surface area (Å²) >= 11 is 0. The van der Waals surface area contributed by atoms with Gasteiger partial charge in [0.05, 0.1) is 24.1 Å². The second-order valence-electron chi connectivity index (χ2n) is 8.44. The topological polar surface area (TPSA) is 86.8 Å². The Labute approximate surface area is 173 Å². The van der Waals surface area contributed by atoms with Gasteiger partial charge in [-0.2, -0.15) is 0 Å². The van der Waals surface area contributed by atoms with E-state index in [0.717, 1.165) is 25.7 Å². The maximum absolute atomic E-state index is 15.4. The zero-order valence-electron chi connectivity index (χ0n) is 17.0. The van der Waals surface area contributed by atoms with E-state index in [1.54, 1.807) is 13.1 Å². The summed E-state index contributed by atoms with van der Waals surface area (Å²) in [5.41, 5.74) is 6.30. The lowest BCUT2D eigenvalue weighted by atomic mass is 10.0. The average Bonchev–Trinajstić information content (AvgIpc) is 3.52. The van der Waals surface area contributed by atoms with Gasteiger partial charge in [-0.15, -0.1) is 0 Å². The van der Waals surface area contributed by atoms with Crippen LogP contribution in [-0.4, -0.2) is 42.9 Å². The maximum Gasteiger partial charge on any atom is 0.343 e. The Kier molecular flexibility index (Phi) is 4.69. The van der Waals surface area contributed by atoms with E-state index in [4.69, 9.17) is 15.2 Å². The van der Waals surface area contributed by atoms with E-state index in [9.17, 15) is 9.59 Å². The van der Waals surface area contributed by atoms with Gasteiger partial charge in [-0.3, -0.25) is 4.79 Å². The first kappa shape index (κ1) is 19.4. The minimum absolute atomic E-state index is 0.0635. The zero-order valence-corrected chi connectivity index (χ0v) is 17.0. The molecule has 5 rings (SSSR count). The van der Waals surface area contributed by atoms with Gasteiger partial charge in [-0.25, -0.2) is 9.18 Å². The molecule has 1 aromatic heterocycles. The normalized spacial score (nSPS) is 23.0. The van der Waals surface area contributed by atoms with Gasteiger partial charge in [0.15, 0.2) is 11.6 Å². The number of carbonyl (C=O) groups excluding carboxylic acids is 1. The van der Waals surface area contributed by atoms with Crippen LogP contribution in [0.25, 0.3) is 10.9 Å². The van der Waals surface area contributed by atoms with Crippen LogP contribution in [-0.2, 0) is 4.74 Å². The highest BCUT2D eigenvalue weighted by molar-refractivity contribution is 5.98. The van der Waals surface area contributed by atoms with Crippen molar-refractivity contribution in [2.45, 2.75) is 44.7 Å². The lowest BCUT2D eigenvalue weighted by Gasteiger charge is -2.26. The number of esters is 1. The minimum atomic E-state index is -0.680. The molecule has 0 amide bonds. The summed E-state index contributed by atoms with van der Waals surface area (Å²) in [7, 11) is 0. The molecule has 30 heavy (non-hydrogen) atoms. The molecule has 0 radical (unpaired) electrons. The molecule has 3 aliphatic rings. The summed E-state index contributed by atoms with van der Waals surface area (Å²) < 4.78 is 28.5. The summed E-state index contributed by atoms with van der Waals surface area (Å²) in [6.45, 7) is 3.54. The van der Waals surface area contributed by atoms with Crippen molar-refractivity contribution in [3.8, 4) is 5.75 Å². The van der Waals surface area contributed by atoms with E-state index in [2.05, 4.69) is 4.90 Å². The third-order valence-electron chi connectivity index (χ3n) is 6.45. The molecular formula is C22H26FN3O4. The van der Waals surface area contributed by atoms with Crippen molar-refractivity contribution in [1.82, 2.24) is 4.57 Å². The van der Waals surface area contributed by atoms with E-state index in [1.807, 2.05) is 4.57 Å². The van der Waals surface area contributed by atoms with Crippen LogP contribution < -0.4 is 20.8 Å². The zero-order chi connectivity index (χ0) is 21.0. The fourth-order valence-electron chi connectivity index (χ4n) is 4.87. The summed E-state index contributed by atoms with van der Waals surface area (Å²) in [4.78, 5) is 27.6. The van der Waals surface area contributed by atoms with Crippen molar-refractivity contribution >= 4 is 22.6 Å². The van der Waals surface area contributed by atoms with Crippen molar-refractivity contribution < 1.29 is 18.7 Å². The van der Waals surface area contributed by atoms with Crippen LogP contribution in [0.5, 0.6) is 5.75 Å². The summed E-state index contributed by atoms with van der Waals surface area (Å²) in [5.74, 6) is -0.458. The Morgan fingerprint density at radius 2 is 2.13 bits per heavy atom. The second-order valence-corrected chi connectivity index (χ2v) is 8.44. The van der Waals surface area contributed by atoms with Crippen LogP contribution >= 0.6 is 0 Å². The molecule has 0 spiro atoms. The van der Waals surface area contributed by atoms with Gasteiger partial charge in [0.25, 0.3) is 0 Å². The molecule has 160 valence electrons. The van der Waals surface area contributed by atoms with Gasteiger partial charge in [0.2, 0.25) is 5.43 Å². The predicted molar refractivity (Wildman–Crippen MR) is 111 cm³/mol. The number of carbonyl (C=O) groups is 1. The highest BCUT2D eigenvalue weighted by Gasteiger charge is 2.39. The number of rotatable bonds is 4. The van der Waals surface area contributed by atoms with Crippen molar-refractivity contribution in [3.05, 3.63) is 33.9 Å². The van der Waals surface area contributed by atoms with E-state index in [-0.39, 0.29) is 29.6 Å². The number of halogens is 1. The summed E-state index contributed by atoms with van der Waals surface area (Å²) in [6, 6.07) is 1.60. The molecule has 7 nitrogen and oxygen atoms in total. The standard InChI is InChI=1S/C22H26FN3O4/c1-2-29-22(28)16-11-26(13-3-4-13)18-15(20(16)27)8-17(23)19-21(18)30-6-5-14-7-12(9-24)10-25(14)19/h8,11-14H,2-7,9-10,24H2,1H3/t12-,14+/m1/s1. The number of nitrogens with zero attached hydrogens (tertiary/aromatic N) is 2. The highest BCUT2D eigenvalue weighted by Crippen LogP contribution is 2.47. The third kappa shape index (κ3) is 2.96. The van der Waals surface area contributed by atoms with Crippen LogP contribution in [0.2, 0.25) is 0 Å². The number of aromatic nitrogens is 1. The van der Waals surface area contributed by atoms with E-state index >= 15 is 4.39 Å². The van der Waals surface area contributed by atoms with Crippen molar-refractivity contribution in [3.63, 3.8) is 0 Å². The fraction of sp³-hybridized carbons (Fsp3) is 0.545. The van der Waals surface area contributed by atoms with Gasteiger partial charge in [-0.05, 0) is 44.7 Å². The number of hydrogen-bond acceptors (Lipinski definition) is 6. The molecule has 0 unspecified atom stereocenters. The quantitative estimate of drug-likeness (QED) is 0.773. The molecule has 1 aliphatic carbocycles. The Morgan fingerprint density at radius 1 is 1.33 bits per heavy atom. The Morgan fingerprint density at radius 3 is 2.83 bits per heavy atom. The van der Waals surface area contributed by atoms with Crippen LogP contribution in [0.4, 0.5) is 10.1 Å². The minimum Gasteiger partial charge on any atom is -0.489 e. The van der Waals surface area contributed by atoms with Gasteiger partial charge >= 0.3 is 5.97 Å². The monoisotopic (exact) mass is 415 g/mol. The Hall–Kier alpha value is -2.61. The molecule has 1 aromatic carbocycles. The maximum atomic E-state index is 15.4. The first-order chi connectivity index (χ1) is 14.5. The molecule has 2 N–H and O–H groups in total. The molecule has 1 saturated heterocycles. The highest BCUT2D eigenvalue weighted by atomic mass is 19.1. The summed E-state index contributed by atoms with van der Waals surface area (Å²) in [6.07, 6.45) is 5.13. The third-order valence-corrected chi connectivity index (χ3v) is 6.45. The van der Waals surface area contributed by atoms with Crippen LogP contribution in [0, 0.1) is 11.7 Å². The number of pyridine rings is 1. The average molecular weight is 415 g/mol. The van der Waals surface area contributed by atoms with Crippen LogP contribution in [0.3, 0.4) is 0 Å². The van der Waals surface area contributed by atoms with E-state index in [1.165, 1.54) is 6.07 Å². The van der Waals surface area contributed by atoms with Crippen molar-refractivity contribution in [2.24, 2.45) is 11.7 Å². The lowest BCUT2D eigenvalue weighted by molar-refractivity contribution is 0.0524. The van der Waals surface area contributed by atoms with Gasteiger partial charge < -0.3 is 24.7 Å².